The van der Waals surface area contributed by atoms with Crippen LogP contribution < -0.4 is 5.32 Å². The molecule has 1 N–H and O–H groups in total. The van der Waals surface area contributed by atoms with E-state index < -0.39 is 0 Å². The third-order valence-corrected chi connectivity index (χ3v) is 2.67. The molecule has 0 bridgehead atoms. The van der Waals surface area contributed by atoms with Crippen LogP contribution in [0.5, 0.6) is 0 Å². The van der Waals surface area contributed by atoms with Crippen LogP contribution in [-0.2, 0) is 0 Å². The van der Waals surface area contributed by atoms with Gasteiger partial charge in [-0.3, -0.25) is 4.79 Å². The molecule has 0 aliphatic rings. The molecule has 4 heteroatoms. The Bertz CT molecular complexity index is 322. The largest absolute Gasteiger partial charge is 0.351 e. The van der Waals surface area contributed by atoms with Crippen LogP contribution in [0.2, 0.25) is 0 Å². The molecule has 1 aromatic rings. The zero-order chi connectivity index (χ0) is 11.3. The van der Waals surface area contributed by atoms with Crippen molar-refractivity contribution in [3.8, 4) is 0 Å². The highest BCUT2D eigenvalue weighted by atomic mass is 123. The summed E-state index contributed by atoms with van der Waals surface area (Å²) < 4.78 is 1.14. The molecule has 0 atom stereocenters. The summed E-state index contributed by atoms with van der Waals surface area (Å²) in [5.41, 5.74) is 0.717. The van der Waals surface area contributed by atoms with Crippen molar-refractivity contribution in [3.05, 3.63) is 33.4 Å². The van der Waals surface area contributed by atoms with E-state index >= 15 is 0 Å². The van der Waals surface area contributed by atoms with Gasteiger partial charge in [-0.2, -0.15) is 0 Å². The number of halogens is 1. The Kier molecular flexibility index (Phi) is 5.04. The molecule has 0 heterocycles. The molecule has 1 amide bonds. The normalized spacial score (nSPS) is 10.4. The third kappa shape index (κ3) is 4.61. The molecule has 0 fully saturated rings. The number of likely N-dealkylation sites (N-methyl/N-ethyl adjacent to an activating group) is 1. The molecular formula is C11H15IN2O. The van der Waals surface area contributed by atoms with Crippen molar-refractivity contribution in [3.63, 3.8) is 0 Å². The highest BCUT2D eigenvalue weighted by Gasteiger charge is 2.03. The number of hydrogen-bond donors (Lipinski definition) is 1. The van der Waals surface area contributed by atoms with E-state index in [1.807, 2.05) is 43.3 Å². The van der Waals surface area contributed by atoms with Crippen molar-refractivity contribution in [2.24, 2.45) is 0 Å². The monoisotopic (exact) mass is 314 g/mol. The number of nitrogens with one attached hydrogen (secondary N) is 1. The fourth-order valence-corrected chi connectivity index (χ4v) is 1.46. The fourth-order valence-electron chi connectivity index (χ4n) is 1.10. The van der Waals surface area contributed by atoms with Gasteiger partial charge in [0.1, 0.15) is 0 Å². The van der Waals surface area contributed by atoms with Crippen LogP contribution in [-0.4, -0.2) is 38.0 Å². The average Bonchev–Trinajstić information content (AvgIpc) is 2.18. The summed E-state index contributed by atoms with van der Waals surface area (Å²) in [6.07, 6.45) is 0. The first-order valence-corrected chi connectivity index (χ1v) is 5.86. The predicted molar refractivity (Wildman–Crippen MR) is 70.0 cm³/mol. The van der Waals surface area contributed by atoms with Crippen molar-refractivity contribution < 1.29 is 4.79 Å². The van der Waals surface area contributed by atoms with E-state index in [0.717, 1.165) is 10.1 Å². The topological polar surface area (TPSA) is 32.3 Å². The molecule has 0 saturated heterocycles. The number of amides is 1. The van der Waals surface area contributed by atoms with Gasteiger partial charge in [-0.1, -0.05) is 0 Å². The molecule has 0 unspecified atom stereocenters. The summed E-state index contributed by atoms with van der Waals surface area (Å²) in [6.45, 7) is 1.54. The minimum Gasteiger partial charge on any atom is -0.351 e. The van der Waals surface area contributed by atoms with Gasteiger partial charge < -0.3 is 10.2 Å². The maximum Gasteiger partial charge on any atom is 0.251 e. The van der Waals surface area contributed by atoms with Crippen LogP contribution in [0.3, 0.4) is 0 Å². The number of hydrogen-bond acceptors (Lipinski definition) is 2. The minimum absolute atomic E-state index is 0.00625. The van der Waals surface area contributed by atoms with Crippen molar-refractivity contribution in [2.75, 3.05) is 27.2 Å². The highest BCUT2D eigenvalue weighted by molar-refractivity contribution is 14.1. The van der Waals surface area contributed by atoms with Gasteiger partial charge in [-0.05, 0) is 61.0 Å². The molecule has 0 spiro atoms. The second-order valence-corrected chi connectivity index (χ2v) is 4.81. The zero-order valence-corrected chi connectivity index (χ0v) is 11.1. The van der Waals surface area contributed by atoms with Crippen molar-refractivity contribution in [1.82, 2.24) is 10.2 Å². The maximum absolute atomic E-state index is 11.6. The van der Waals surface area contributed by atoms with Crippen LogP contribution in [0.4, 0.5) is 0 Å². The molecule has 0 aliphatic heterocycles. The van der Waals surface area contributed by atoms with E-state index in [9.17, 15) is 4.79 Å². The lowest BCUT2D eigenvalue weighted by atomic mass is 10.2. The third-order valence-electron chi connectivity index (χ3n) is 1.95. The van der Waals surface area contributed by atoms with Crippen LogP contribution in [0, 0.1) is 3.57 Å². The quantitative estimate of drug-likeness (QED) is 0.856. The van der Waals surface area contributed by atoms with Crippen LogP contribution in [0.15, 0.2) is 24.3 Å². The molecular weight excluding hydrogens is 299 g/mol. The molecule has 1 rings (SSSR count). The average molecular weight is 314 g/mol. The molecule has 3 nitrogen and oxygen atoms in total. The van der Waals surface area contributed by atoms with Gasteiger partial charge in [0.05, 0.1) is 0 Å². The van der Waals surface area contributed by atoms with Gasteiger partial charge in [-0.25, -0.2) is 0 Å². The number of carbonyl (C=O) groups excluding carboxylic acids is 1. The molecule has 15 heavy (non-hydrogen) atoms. The van der Waals surface area contributed by atoms with E-state index in [1.165, 1.54) is 0 Å². The lowest BCUT2D eigenvalue weighted by Crippen LogP contribution is -2.31. The number of benzene rings is 1. The van der Waals surface area contributed by atoms with Crippen LogP contribution in [0.25, 0.3) is 0 Å². The summed E-state index contributed by atoms with van der Waals surface area (Å²) in [5, 5.41) is 2.87. The van der Waals surface area contributed by atoms with Crippen LogP contribution in [0.1, 0.15) is 10.4 Å². The van der Waals surface area contributed by atoms with E-state index in [4.69, 9.17) is 0 Å². The van der Waals surface area contributed by atoms with Gasteiger partial charge in [0.15, 0.2) is 0 Å². The fraction of sp³-hybridized carbons (Fsp3) is 0.364. The van der Waals surface area contributed by atoms with E-state index in [-0.39, 0.29) is 5.91 Å². The first-order valence-electron chi connectivity index (χ1n) is 4.78. The van der Waals surface area contributed by atoms with E-state index in [0.29, 0.717) is 12.1 Å². The second kappa shape index (κ2) is 6.07. The first-order chi connectivity index (χ1) is 7.09. The maximum atomic E-state index is 11.6. The standard InChI is InChI=1S/C11H15IN2O/c1-14(2)8-7-13-11(15)9-3-5-10(12)6-4-9/h3-6H,7-8H2,1-2H3,(H,13,15)/i12-4. The van der Waals surface area contributed by atoms with Crippen LogP contribution >= 0.6 is 22.6 Å². The van der Waals surface area contributed by atoms with Crippen molar-refractivity contribution >= 4 is 28.5 Å². The highest BCUT2D eigenvalue weighted by Crippen LogP contribution is 2.06. The summed E-state index contributed by atoms with van der Waals surface area (Å²) in [6, 6.07) is 7.54. The molecule has 0 radical (unpaired) electrons. The first kappa shape index (κ1) is 12.4. The number of carbonyl (C=O) groups is 1. The van der Waals surface area contributed by atoms with E-state index in [1.54, 1.807) is 0 Å². The van der Waals surface area contributed by atoms with Crippen molar-refractivity contribution in [1.29, 1.82) is 0 Å². The second-order valence-electron chi connectivity index (χ2n) is 3.57. The van der Waals surface area contributed by atoms with E-state index in [2.05, 4.69) is 27.9 Å². The van der Waals surface area contributed by atoms with Gasteiger partial charge >= 0.3 is 0 Å². The van der Waals surface area contributed by atoms with Gasteiger partial charge in [-0.15, -0.1) is 0 Å². The molecule has 0 aromatic heterocycles. The SMILES string of the molecule is CN(C)CCNC(=O)c1ccc([123I])cc1. The van der Waals surface area contributed by atoms with Gasteiger partial charge in [0.2, 0.25) is 0 Å². The molecule has 1 aromatic carbocycles. The Labute approximate surface area is 104 Å². The zero-order valence-electron chi connectivity index (χ0n) is 8.96. The minimum atomic E-state index is -0.00625. The van der Waals surface area contributed by atoms with Gasteiger partial charge in [0.25, 0.3) is 5.91 Å². The summed E-state index contributed by atoms with van der Waals surface area (Å²) in [4.78, 5) is 13.6. The predicted octanol–water partition coefficient (Wildman–Crippen LogP) is 1.58. The lowest BCUT2D eigenvalue weighted by molar-refractivity contribution is 0.0951. The number of nitrogens with zero attached hydrogens (tertiary/aromatic N) is 1. The van der Waals surface area contributed by atoms with Crippen molar-refractivity contribution in [2.45, 2.75) is 0 Å². The summed E-state index contributed by atoms with van der Waals surface area (Å²) >= 11 is 2.22. The Hall–Kier alpha value is -0.620. The summed E-state index contributed by atoms with van der Waals surface area (Å²) in [7, 11) is 3.97. The number of rotatable bonds is 4. The Balaban J connectivity index is 2.43. The van der Waals surface area contributed by atoms with Gasteiger partial charge in [0, 0.05) is 22.2 Å². The molecule has 0 saturated carbocycles. The summed E-state index contributed by atoms with van der Waals surface area (Å²) in [5.74, 6) is -0.00625. The Morgan fingerprint density at radius 3 is 2.47 bits per heavy atom. The smallest absolute Gasteiger partial charge is 0.251 e. The lowest BCUT2D eigenvalue weighted by Gasteiger charge is -2.10. The molecule has 0 aliphatic carbocycles. The Morgan fingerprint density at radius 1 is 1.33 bits per heavy atom. The molecule has 82 valence electrons. The Morgan fingerprint density at radius 2 is 1.93 bits per heavy atom.